The van der Waals surface area contributed by atoms with E-state index in [1.165, 1.54) is 33.4 Å². The SMILES string of the molecule is c1ccc(-c2ccc(N(c3ccc(-c4ccccc4)cc3)c3cccc4ccc5c6cc(-c7ccccc7)ccc6oc5c34)cc2)cc1. The van der Waals surface area contributed by atoms with Crippen molar-refractivity contribution in [2.45, 2.75) is 0 Å². The first kappa shape index (κ1) is 27.9. The predicted octanol–water partition coefficient (Wildman–Crippen LogP) is 13.2. The van der Waals surface area contributed by atoms with E-state index in [4.69, 9.17) is 4.42 Å². The third-order valence-corrected chi connectivity index (χ3v) is 9.27. The molecule has 0 aliphatic rings. The Bertz CT molecular complexity index is 2430. The number of furan rings is 1. The van der Waals surface area contributed by atoms with Gasteiger partial charge < -0.3 is 9.32 Å². The molecule has 0 bridgehead atoms. The largest absolute Gasteiger partial charge is 0.455 e. The minimum atomic E-state index is 0.887. The summed E-state index contributed by atoms with van der Waals surface area (Å²) in [4.78, 5) is 2.36. The lowest BCUT2D eigenvalue weighted by molar-refractivity contribution is 0.673. The van der Waals surface area contributed by atoms with Crippen LogP contribution in [-0.4, -0.2) is 0 Å². The van der Waals surface area contributed by atoms with E-state index in [-0.39, 0.29) is 0 Å². The Morgan fingerprint density at radius 1 is 0.354 bits per heavy atom. The van der Waals surface area contributed by atoms with Crippen molar-refractivity contribution in [3.63, 3.8) is 0 Å². The second kappa shape index (κ2) is 11.8. The average Bonchev–Trinajstić information content (AvgIpc) is 3.55. The van der Waals surface area contributed by atoms with Gasteiger partial charge in [-0.1, -0.05) is 140 Å². The lowest BCUT2D eigenvalue weighted by Gasteiger charge is -2.27. The van der Waals surface area contributed by atoms with Gasteiger partial charge in [-0.2, -0.15) is 0 Å². The summed E-state index contributed by atoms with van der Waals surface area (Å²) in [7, 11) is 0. The Morgan fingerprint density at radius 3 is 1.42 bits per heavy atom. The molecular formula is C46H31NO. The zero-order chi connectivity index (χ0) is 31.9. The van der Waals surface area contributed by atoms with Crippen molar-refractivity contribution < 1.29 is 4.42 Å². The fourth-order valence-electron chi connectivity index (χ4n) is 6.88. The van der Waals surface area contributed by atoms with Crippen LogP contribution in [0.1, 0.15) is 0 Å². The van der Waals surface area contributed by atoms with Crippen LogP contribution < -0.4 is 4.90 Å². The van der Waals surface area contributed by atoms with Crippen LogP contribution in [0.4, 0.5) is 17.1 Å². The summed E-state index contributed by atoms with van der Waals surface area (Å²) < 4.78 is 6.75. The highest BCUT2D eigenvalue weighted by Crippen LogP contribution is 2.44. The standard InChI is InChI=1S/C46H31NO/c1-4-11-32(12-5-1)35-19-25-39(26-20-35)47(40-27-21-36(22-28-40)33-13-6-2-7-14-33)43-18-10-17-37-23-29-41-42-31-38(34-15-8-3-9-16-34)24-30-44(42)48-46(41)45(37)43/h1-31H. The van der Waals surface area contributed by atoms with E-state index in [1.807, 2.05) is 0 Å². The van der Waals surface area contributed by atoms with Gasteiger partial charge in [0.1, 0.15) is 11.2 Å². The van der Waals surface area contributed by atoms with E-state index in [2.05, 4.69) is 193 Å². The van der Waals surface area contributed by atoms with Gasteiger partial charge in [-0.3, -0.25) is 0 Å². The van der Waals surface area contributed by atoms with Crippen LogP contribution in [0.25, 0.3) is 66.1 Å². The summed E-state index contributed by atoms with van der Waals surface area (Å²) in [6.45, 7) is 0. The first-order valence-corrected chi connectivity index (χ1v) is 16.3. The molecule has 0 aliphatic heterocycles. The fraction of sp³-hybridized carbons (Fsp3) is 0. The van der Waals surface area contributed by atoms with Crippen LogP contribution in [0.15, 0.2) is 192 Å². The summed E-state index contributed by atoms with van der Waals surface area (Å²) >= 11 is 0. The van der Waals surface area contributed by atoms with Gasteiger partial charge in [0.05, 0.1) is 5.69 Å². The third kappa shape index (κ3) is 4.92. The molecule has 0 unspecified atom stereocenters. The number of hydrogen-bond donors (Lipinski definition) is 0. The Balaban J connectivity index is 1.24. The zero-order valence-corrected chi connectivity index (χ0v) is 26.3. The van der Waals surface area contributed by atoms with Gasteiger partial charge in [-0.05, 0) is 87.3 Å². The summed E-state index contributed by atoms with van der Waals surface area (Å²) in [5.74, 6) is 0. The van der Waals surface area contributed by atoms with Gasteiger partial charge in [0.15, 0.2) is 0 Å². The molecule has 1 aromatic heterocycles. The Morgan fingerprint density at radius 2 is 0.854 bits per heavy atom. The molecular weight excluding hydrogens is 583 g/mol. The molecule has 0 saturated carbocycles. The molecule has 9 rings (SSSR count). The second-order valence-electron chi connectivity index (χ2n) is 12.2. The highest BCUT2D eigenvalue weighted by Gasteiger charge is 2.20. The topological polar surface area (TPSA) is 16.4 Å². The zero-order valence-electron chi connectivity index (χ0n) is 26.3. The van der Waals surface area contributed by atoms with Crippen molar-refractivity contribution in [2.24, 2.45) is 0 Å². The second-order valence-corrected chi connectivity index (χ2v) is 12.2. The van der Waals surface area contributed by atoms with Gasteiger partial charge >= 0.3 is 0 Å². The maximum Gasteiger partial charge on any atom is 0.145 e. The number of rotatable bonds is 6. The minimum Gasteiger partial charge on any atom is -0.455 e. The van der Waals surface area contributed by atoms with Crippen LogP contribution in [0.2, 0.25) is 0 Å². The predicted molar refractivity (Wildman–Crippen MR) is 202 cm³/mol. The van der Waals surface area contributed by atoms with E-state index < -0.39 is 0 Å². The van der Waals surface area contributed by atoms with Gasteiger partial charge in [0.2, 0.25) is 0 Å². The summed E-state index contributed by atoms with van der Waals surface area (Å²) in [5.41, 5.74) is 12.2. The minimum absolute atomic E-state index is 0.887. The monoisotopic (exact) mass is 613 g/mol. The van der Waals surface area contributed by atoms with Gasteiger partial charge in [-0.15, -0.1) is 0 Å². The smallest absolute Gasteiger partial charge is 0.145 e. The fourth-order valence-corrected chi connectivity index (χ4v) is 6.88. The van der Waals surface area contributed by atoms with E-state index in [1.54, 1.807) is 0 Å². The molecule has 0 amide bonds. The molecule has 0 radical (unpaired) electrons. The van der Waals surface area contributed by atoms with Crippen LogP contribution in [0, 0.1) is 0 Å². The molecule has 0 spiro atoms. The normalized spacial score (nSPS) is 11.3. The van der Waals surface area contributed by atoms with Gasteiger partial charge in [0, 0.05) is 27.5 Å². The van der Waals surface area contributed by atoms with E-state index in [9.17, 15) is 0 Å². The number of nitrogens with zero attached hydrogens (tertiary/aromatic N) is 1. The van der Waals surface area contributed by atoms with Gasteiger partial charge in [-0.25, -0.2) is 0 Å². The molecule has 8 aromatic carbocycles. The van der Waals surface area contributed by atoms with Crippen molar-refractivity contribution >= 4 is 49.8 Å². The molecule has 9 aromatic rings. The lowest BCUT2D eigenvalue weighted by Crippen LogP contribution is -2.10. The molecule has 2 heteroatoms. The van der Waals surface area contributed by atoms with E-state index in [0.29, 0.717) is 0 Å². The Hall–Kier alpha value is -6.38. The van der Waals surface area contributed by atoms with Crippen molar-refractivity contribution in [2.75, 3.05) is 4.90 Å². The van der Waals surface area contributed by atoms with Crippen molar-refractivity contribution in [3.05, 3.63) is 188 Å². The Labute approximate surface area is 279 Å². The molecule has 226 valence electrons. The maximum atomic E-state index is 6.75. The third-order valence-electron chi connectivity index (χ3n) is 9.27. The van der Waals surface area contributed by atoms with Gasteiger partial charge in [0.25, 0.3) is 0 Å². The van der Waals surface area contributed by atoms with Crippen LogP contribution in [0.3, 0.4) is 0 Å². The van der Waals surface area contributed by atoms with E-state index in [0.717, 1.165) is 49.8 Å². The van der Waals surface area contributed by atoms with E-state index >= 15 is 0 Å². The molecule has 0 aliphatic carbocycles. The summed E-state index contributed by atoms with van der Waals surface area (Å²) in [6, 6.07) is 66.8. The number of hydrogen-bond acceptors (Lipinski definition) is 2. The average molecular weight is 614 g/mol. The Kier molecular flexibility index (Phi) is 6.84. The lowest BCUT2D eigenvalue weighted by atomic mass is 10.00. The molecule has 2 nitrogen and oxygen atoms in total. The first-order chi connectivity index (χ1) is 23.8. The molecule has 0 saturated heterocycles. The number of benzene rings is 8. The maximum absolute atomic E-state index is 6.75. The summed E-state index contributed by atoms with van der Waals surface area (Å²) in [5, 5.41) is 4.46. The quantitative estimate of drug-likeness (QED) is 0.185. The van der Waals surface area contributed by atoms with Crippen LogP contribution in [-0.2, 0) is 0 Å². The molecule has 1 heterocycles. The molecule has 0 N–H and O–H groups in total. The molecule has 0 fully saturated rings. The van der Waals surface area contributed by atoms with Crippen molar-refractivity contribution in [1.82, 2.24) is 0 Å². The number of fused-ring (bicyclic) bond motifs is 5. The highest BCUT2D eigenvalue weighted by molar-refractivity contribution is 6.19. The summed E-state index contributed by atoms with van der Waals surface area (Å²) in [6.07, 6.45) is 0. The highest BCUT2D eigenvalue weighted by atomic mass is 16.3. The van der Waals surface area contributed by atoms with Crippen LogP contribution >= 0.6 is 0 Å². The number of anilines is 3. The van der Waals surface area contributed by atoms with Crippen molar-refractivity contribution in [3.8, 4) is 33.4 Å². The van der Waals surface area contributed by atoms with Crippen LogP contribution in [0.5, 0.6) is 0 Å². The molecule has 0 atom stereocenters. The van der Waals surface area contributed by atoms with Crippen molar-refractivity contribution in [1.29, 1.82) is 0 Å². The first-order valence-electron chi connectivity index (χ1n) is 16.3. The molecule has 48 heavy (non-hydrogen) atoms.